The molecule has 0 radical (unpaired) electrons. The second kappa shape index (κ2) is 7.53. The first-order chi connectivity index (χ1) is 10.8. The zero-order chi connectivity index (χ0) is 15.3. The molecule has 1 aromatic rings. The zero-order valence-corrected chi connectivity index (χ0v) is 13.3. The van der Waals surface area contributed by atoms with Crippen molar-refractivity contribution in [3.05, 3.63) is 35.6 Å². The fraction of sp³-hybridized carbons (Fsp3) is 0.667. The fourth-order valence-electron chi connectivity index (χ4n) is 3.92. The highest BCUT2D eigenvalue weighted by Gasteiger charge is 2.38. The van der Waals surface area contributed by atoms with Gasteiger partial charge in [-0.05, 0) is 18.9 Å². The van der Waals surface area contributed by atoms with Gasteiger partial charge in [0.1, 0.15) is 5.82 Å². The van der Waals surface area contributed by atoms with Crippen molar-refractivity contribution in [2.45, 2.75) is 44.2 Å². The minimum atomic E-state index is -0.112. The number of benzene rings is 1. The highest BCUT2D eigenvalue weighted by molar-refractivity contribution is 5.17. The van der Waals surface area contributed by atoms with Gasteiger partial charge in [-0.25, -0.2) is 4.39 Å². The van der Waals surface area contributed by atoms with Crippen molar-refractivity contribution < 1.29 is 9.13 Å². The largest absolute Gasteiger partial charge is 0.379 e. The molecule has 2 fully saturated rings. The molecule has 1 aromatic carbocycles. The molecule has 3 rings (SSSR count). The molecule has 1 saturated carbocycles. The third-order valence-electron chi connectivity index (χ3n) is 5.19. The average Bonchev–Trinajstić information content (AvgIpc) is 2.58. The maximum absolute atomic E-state index is 13.7. The monoisotopic (exact) mass is 306 g/mol. The molecule has 1 aliphatic heterocycles. The normalized spacial score (nSPS) is 22.6. The Morgan fingerprint density at radius 3 is 2.55 bits per heavy atom. The molecule has 0 atom stereocenters. The molecule has 1 N–H and O–H groups in total. The second-order valence-corrected chi connectivity index (χ2v) is 6.58. The van der Waals surface area contributed by atoms with Crippen molar-refractivity contribution in [2.24, 2.45) is 0 Å². The molecule has 22 heavy (non-hydrogen) atoms. The van der Waals surface area contributed by atoms with Crippen molar-refractivity contribution in [2.75, 3.05) is 32.8 Å². The molecule has 0 spiro atoms. The van der Waals surface area contributed by atoms with Crippen LogP contribution in [-0.4, -0.2) is 43.3 Å². The molecule has 1 heterocycles. The van der Waals surface area contributed by atoms with Gasteiger partial charge in [0, 0.05) is 37.3 Å². The van der Waals surface area contributed by atoms with E-state index in [1.807, 2.05) is 12.1 Å². The molecular formula is C18H27FN2O. The molecule has 3 nitrogen and oxygen atoms in total. The van der Waals surface area contributed by atoms with Crippen LogP contribution in [-0.2, 0) is 11.3 Å². The summed E-state index contributed by atoms with van der Waals surface area (Å²) in [4.78, 5) is 2.62. The van der Waals surface area contributed by atoms with E-state index in [-0.39, 0.29) is 11.4 Å². The Bertz CT molecular complexity index is 468. The highest BCUT2D eigenvalue weighted by Crippen LogP contribution is 2.33. The lowest BCUT2D eigenvalue weighted by Crippen LogP contribution is -2.59. The predicted molar refractivity (Wildman–Crippen MR) is 86.3 cm³/mol. The second-order valence-electron chi connectivity index (χ2n) is 6.58. The highest BCUT2D eigenvalue weighted by atomic mass is 19.1. The van der Waals surface area contributed by atoms with Crippen molar-refractivity contribution in [3.8, 4) is 0 Å². The number of nitrogens with zero attached hydrogens (tertiary/aromatic N) is 1. The Balaban J connectivity index is 1.61. The fourth-order valence-corrected chi connectivity index (χ4v) is 3.92. The van der Waals surface area contributed by atoms with Crippen LogP contribution in [0.3, 0.4) is 0 Å². The molecule has 0 bridgehead atoms. The summed E-state index contributed by atoms with van der Waals surface area (Å²) < 4.78 is 19.3. The number of nitrogens with one attached hydrogen (secondary N) is 1. The molecule has 0 amide bonds. The van der Waals surface area contributed by atoms with Gasteiger partial charge in [-0.15, -0.1) is 0 Å². The topological polar surface area (TPSA) is 24.5 Å². The number of halogens is 1. The van der Waals surface area contributed by atoms with Gasteiger partial charge in [0.05, 0.1) is 13.2 Å². The molecule has 122 valence electrons. The Hall–Kier alpha value is -0.970. The van der Waals surface area contributed by atoms with E-state index in [0.717, 1.165) is 38.4 Å². The first-order valence-electron chi connectivity index (χ1n) is 8.57. The van der Waals surface area contributed by atoms with Gasteiger partial charge in [0.2, 0.25) is 0 Å². The number of hydrogen-bond acceptors (Lipinski definition) is 3. The van der Waals surface area contributed by atoms with Crippen LogP contribution in [0.25, 0.3) is 0 Å². The van der Waals surface area contributed by atoms with Crippen LogP contribution in [0, 0.1) is 5.82 Å². The van der Waals surface area contributed by atoms with E-state index in [2.05, 4.69) is 10.2 Å². The van der Waals surface area contributed by atoms with E-state index in [4.69, 9.17) is 4.74 Å². The van der Waals surface area contributed by atoms with Crippen molar-refractivity contribution >= 4 is 0 Å². The molecule has 0 unspecified atom stereocenters. The summed E-state index contributed by atoms with van der Waals surface area (Å²) in [6.45, 7) is 5.30. The quantitative estimate of drug-likeness (QED) is 0.905. The molecule has 1 saturated heterocycles. The van der Waals surface area contributed by atoms with E-state index < -0.39 is 0 Å². The lowest BCUT2D eigenvalue weighted by molar-refractivity contribution is -0.0369. The van der Waals surface area contributed by atoms with Crippen LogP contribution in [0.4, 0.5) is 4.39 Å². The van der Waals surface area contributed by atoms with Crippen LogP contribution in [0.5, 0.6) is 0 Å². The summed E-state index contributed by atoms with van der Waals surface area (Å²) in [7, 11) is 0. The van der Waals surface area contributed by atoms with Crippen LogP contribution >= 0.6 is 0 Å². The SMILES string of the molecule is Fc1ccccc1CNCC1(N2CCOCC2)CCCCC1. The van der Waals surface area contributed by atoms with Crippen LogP contribution in [0.2, 0.25) is 0 Å². The van der Waals surface area contributed by atoms with Crippen LogP contribution < -0.4 is 5.32 Å². The summed E-state index contributed by atoms with van der Waals surface area (Å²) in [5.74, 6) is -0.112. The molecule has 1 aliphatic carbocycles. The molecule has 4 heteroatoms. The Kier molecular flexibility index (Phi) is 5.45. The molecular weight excluding hydrogens is 279 g/mol. The van der Waals surface area contributed by atoms with Gasteiger partial charge < -0.3 is 10.1 Å². The predicted octanol–water partition coefficient (Wildman–Crippen LogP) is 2.95. The number of hydrogen-bond donors (Lipinski definition) is 1. The minimum absolute atomic E-state index is 0.112. The summed E-state index contributed by atoms with van der Waals surface area (Å²) in [6, 6.07) is 7.05. The Morgan fingerprint density at radius 2 is 1.82 bits per heavy atom. The van der Waals surface area contributed by atoms with Gasteiger partial charge in [-0.2, -0.15) is 0 Å². The van der Waals surface area contributed by atoms with E-state index in [1.165, 1.54) is 38.2 Å². The Labute approximate surface area is 132 Å². The molecule has 2 aliphatic rings. The maximum Gasteiger partial charge on any atom is 0.127 e. The first-order valence-corrected chi connectivity index (χ1v) is 8.57. The van der Waals surface area contributed by atoms with E-state index in [1.54, 1.807) is 6.07 Å². The van der Waals surface area contributed by atoms with Gasteiger partial charge in [-0.3, -0.25) is 4.90 Å². The van der Waals surface area contributed by atoms with Crippen LogP contribution in [0.15, 0.2) is 24.3 Å². The lowest BCUT2D eigenvalue weighted by atomic mass is 9.79. The zero-order valence-electron chi connectivity index (χ0n) is 13.3. The van der Waals surface area contributed by atoms with E-state index in [0.29, 0.717) is 6.54 Å². The number of ether oxygens (including phenoxy) is 1. The standard InChI is InChI=1S/C18H27FN2O/c19-17-7-3-2-6-16(17)14-20-15-18(8-4-1-5-9-18)21-10-12-22-13-11-21/h2-3,6-7,20H,1,4-5,8-15H2. The van der Waals surface area contributed by atoms with Crippen LogP contribution in [0.1, 0.15) is 37.7 Å². The van der Waals surface area contributed by atoms with Crippen molar-refractivity contribution in [1.29, 1.82) is 0 Å². The van der Waals surface area contributed by atoms with Gasteiger partial charge in [0.15, 0.2) is 0 Å². The van der Waals surface area contributed by atoms with E-state index >= 15 is 0 Å². The third-order valence-corrected chi connectivity index (χ3v) is 5.19. The number of morpholine rings is 1. The average molecular weight is 306 g/mol. The lowest BCUT2D eigenvalue weighted by Gasteiger charge is -2.48. The maximum atomic E-state index is 13.7. The number of rotatable bonds is 5. The van der Waals surface area contributed by atoms with Crippen molar-refractivity contribution in [1.82, 2.24) is 10.2 Å². The first kappa shape index (κ1) is 15.9. The van der Waals surface area contributed by atoms with Gasteiger partial charge in [0.25, 0.3) is 0 Å². The summed E-state index contributed by atoms with van der Waals surface area (Å²) >= 11 is 0. The smallest absolute Gasteiger partial charge is 0.127 e. The summed E-state index contributed by atoms with van der Waals surface area (Å²) in [6.07, 6.45) is 6.45. The third kappa shape index (κ3) is 3.67. The van der Waals surface area contributed by atoms with Crippen molar-refractivity contribution in [3.63, 3.8) is 0 Å². The Morgan fingerprint density at radius 1 is 1.09 bits per heavy atom. The minimum Gasteiger partial charge on any atom is -0.379 e. The summed E-state index contributed by atoms with van der Waals surface area (Å²) in [5.41, 5.74) is 1.00. The van der Waals surface area contributed by atoms with Gasteiger partial charge in [-0.1, -0.05) is 37.5 Å². The van der Waals surface area contributed by atoms with E-state index in [9.17, 15) is 4.39 Å². The molecule has 0 aromatic heterocycles. The van der Waals surface area contributed by atoms with Gasteiger partial charge >= 0.3 is 0 Å². The summed E-state index contributed by atoms with van der Waals surface area (Å²) in [5, 5.41) is 3.53.